The van der Waals surface area contributed by atoms with E-state index in [2.05, 4.69) is 4.98 Å². The van der Waals surface area contributed by atoms with Crippen LogP contribution in [0.4, 0.5) is 0 Å². The van der Waals surface area contributed by atoms with Gasteiger partial charge in [-0.15, -0.1) is 0 Å². The molecule has 0 aliphatic rings. The molecule has 0 atom stereocenters. The Labute approximate surface area is 124 Å². The highest BCUT2D eigenvalue weighted by molar-refractivity contribution is 6.42. The van der Waals surface area contributed by atoms with Gasteiger partial charge >= 0.3 is 5.69 Å². The number of benzene rings is 1. The largest absolute Gasteiger partial charge is 0.356 e. The summed E-state index contributed by atoms with van der Waals surface area (Å²) in [5.74, 6) is 0. The van der Waals surface area contributed by atoms with Gasteiger partial charge in [0.15, 0.2) is 0 Å². The molecule has 1 aromatic heterocycles. The van der Waals surface area contributed by atoms with Crippen molar-refractivity contribution in [3.63, 3.8) is 0 Å². The number of rotatable bonds is 4. The maximum atomic E-state index is 11.4. The zero-order valence-electron chi connectivity index (χ0n) is 9.65. The summed E-state index contributed by atoms with van der Waals surface area (Å²) in [6.45, 7) is 0.364. The number of hydrogen-bond donors (Lipinski definition) is 0. The van der Waals surface area contributed by atoms with E-state index in [1.54, 1.807) is 18.2 Å². The van der Waals surface area contributed by atoms with Gasteiger partial charge in [-0.1, -0.05) is 40.9 Å². The zero-order chi connectivity index (χ0) is 13.8. The molecule has 0 fully saturated rings. The Kier molecular flexibility index (Phi) is 4.82. The van der Waals surface area contributed by atoms with E-state index in [4.69, 9.17) is 39.5 Å². The van der Waals surface area contributed by atoms with Crippen LogP contribution >= 0.6 is 34.8 Å². The van der Waals surface area contributed by atoms with E-state index in [-0.39, 0.29) is 6.73 Å². The van der Waals surface area contributed by atoms with E-state index in [1.165, 1.54) is 17.0 Å². The fourth-order valence-electron chi connectivity index (χ4n) is 1.41. The van der Waals surface area contributed by atoms with Crippen LogP contribution in [0.15, 0.2) is 35.4 Å². The molecule has 0 aliphatic carbocycles. The maximum Gasteiger partial charge on any atom is 0.349 e. The Morgan fingerprint density at radius 1 is 1.21 bits per heavy atom. The summed E-state index contributed by atoms with van der Waals surface area (Å²) >= 11 is 17.4. The standard InChI is InChI=1S/C12H9Cl3N2O2/c13-9-4-16-12(18)17(5-9)7-19-6-8-1-2-10(14)11(15)3-8/h1-5H,6-7H2. The predicted molar refractivity (Wildman–Crippen MR) is 74.8 cm³/mol. The van der Waals surface area contributed by atoms with Crippen molar-refractivity contribution in [2.45, 2.75) is 13.3 Å². The summed E-state index contributed by atoms with van der Waals surface area (Å²) in [6, 6.07) is 5.20. The van der Waals surface area contributed by atoms with E-state index in [0.29, 0.717) is 21.7 Å². The Bertz CT molecular complexity index is 643. The highest BCUT2D eigenvalue weighted by atomic mass is 35.5. The molecular formula is C12H9Cl3N2O2. The van der Waals surface area contributed by atoms with Crippen LogP contribution in [0.2, 0.25) is 15.1 Å². The monoisotopic (exact) mass is 318 g/mol. The molecule has 0 saturated carbocycles. The van der Waals surface area contributed by atoms with Crippen molar-refractivity contribution in [1.82, 2.24) is 9.55 Å². The van der Waals surface area contributed by atoms with Crippen molar-refractivity contribution >= 4 is 34.8 Å². The number of halogens is 3. The molecule has 0 saturated heterocycles. The first kappa shape index (κ1) is 14.3. The molecule has 7 heteroatoms. The molecule has 0 radical (unpaired) electrons. The molecule has 1 heterocycles. The molecule has 0 amide bonds. The van der Waals surface area contributed by atoms with Gasteiger partial charge in [0.1, 0.15) is 6.73 Å². The summed E-state index contributed by atoms with van der Waals surface area (Å²) in [4.78, 5) is 15.0. The van der Waals surface area contributed by atoms with Crippen LogP contribution in [0.25, 0.3) is 0 Å². The molecule has 2 aromatic rings. The highest BCUT2D eigenvalue weighted by Gasteiger charge is 2.01. The normalized spacial score (nSPS) is 10.7. The number of ether oxygens (including phenoxy) is 1. The molecule has 0 bridgehead atoms. The lowest BCUT2D eigenvalue weighted by Crippen LogP contribution is -2.23. The Hall–Kier alpha value is -1.07. The van der Waals surface area contributed by atoms with Crippen LogP contribution < -0.4 is 5.69 Å². The lowest BCUT2D eigenvalue weighted by molar-refractivity contribution is 0.0609. The van der Waals surface area contributed by atoms with E-state index in [1.807, 2.05) is 0 Å². The van der Waals surface area contributed by atoms with Crippen molar-refractivity contribution in [1.29, 1.82) is 0 Å². The first-order chi connectivity index (χ1) is 9.06. The molecule has 0 spiro atoms. The molecule has 19 heavy (non-hydrogen) atoms. The summed E-state index contributed by atoms with van der Waals surface area (Å²) in [5.41, 5.74) is 0.441. The summed E-state index contributed by atoms with van der Waals surface area (Å²) in [5, 5.41) is 1.32. The molecule has 1 aromatic carbocycles. The second-order valence-electron chi connectivity index (χ2n) is 3.75. The van der Waals surface area contributed by atoms with Crippen molar-refractivity contribution < 1.29 is 4.74 Å². The number of nitrogens with zero attached hydrogens (tertiary/aromatic N) is 2. The average molecular weight is 320 g/mol. The van der Waals surface area contributed by atoms with Gasteiger partial charge in [0, 0.05) is 6.20 Å². The quantitative estimate of drug-likeness (QED) is 0.868. The second-order valence-corrected chi connectivity index (χ2v) is 5.00. The van der Waals surface area contributed by atoms with Crippen LogP contribution in [0.1, 0.15) is 5.56 Å². The minimum Gasteiger partial charge on any atom is -0.356 e. The summed E-state index contributed by atoms with van der Waals surface area (Å²) < 4.78 is 6.68. The molecule has 100 valence electrons. The molecule has 2 rings (SSSR count). The molecule has 0 aliphatic heterocycles. The van der Waals surface area contributed by atoms with E-state index in [0.717, 1.165) is 5.56 Å². The van der Waals surface area contributed by atoms with Crippen molar-refractivity contribution in [3.05, 3.63) is 61.7 Å². The molecule has 4 nitrogen and oxygen atoms in total. The lowest BCUT2D eigenvalue weighted by atomic mass is 10.2. The van der Waals surface area contributed by atoms with Crippen molar-refractivity contribution in [2.24, 2.45) is 0 Å². The number of aromatic nitrogens is 2. The van der Waals surface area contributed by atoms with Gasteiger partial charge in [0.2, 0.25) is 0 Å². The van der Waals surface area contributed by atoms with Crippen LogP contribution in [-0.2, 0) is 18.1 Å². The first-order valence-electron chi connectivity index (χ1n) is 5.30. The van der Waals surface area contributed by atoms with Crippen LogP contribution in [0.3, 0.4) is 0 Å². The highest BCUT2D eigenvalue weighted by Crippen LogP contribution is 2.22. The topological polar surface area (TPSA) is 44.1 Å². The van der Waals surface area contributed by atoms with Gasteiger partial charge in [-0.05, 0) is 17.7 Å². The van der Waals surface area contributed by atoms with Crippen LogP contribution in [-0.4, -0.2) is 9.55 Å². The summed E-state index contributed by atoms with van der Waals surface area (Å²) in [6.07, 6.45) is 2.76. The van der Waals surface area contributed by atoms with Gasteiger partial charge in [-0.2, -0.15) is 4.98 Å². The SMILES string of the molecule is O=c1ncc(Cl)cn1COCc1ccc(Cl)c(Cl)c1. The van der Waals surface area contributed by atoms with Crippen molar-refractivity contribution in [2.75, 3.05) is 0 Å². The van der Waals surface area contributed by atoms with E-state index < -0.39 is 5.69 Å². The third-order valence-corrected chi connectivity index (χ3v) is 3.24. The van der Waals surface area contributed by atoms with Gasteiger partial charge in [-0.25, -0.2) is 4.79 Å². The Balaban J connectivity index is 1.98. The van der Waals surface area contributed by atoms with E-state index >= 15 is 0 Å². The van der Waals surface area contributed by atoms with Crippen LogP contribution in [0.5, 0.6) is 0 Å². The first-order valence-corrected chi connectivity index (χ1v) is 6.43. The minimum atomic E-state index is -0.418. The summed E-state index contributed by atoms with van der Waals surface area (Å²) in [7, 11) is 0. The van der Waals surface area contributed by atoms with Gasteiger partial charge in [0.25, 0.3) is 0 Å². The van der Waals surface area contributed by atoms with Gasteiger partial charge < -0.3 is 4.74 Å². The molecular weight excluding hydrogens is 311 g/mol. The fourth-order valence-corrected chi connectivity index (χ4v) is 1.90. The smallest absolute Gasteiger partial charge is 0.349 e. The van der Waals surface area contributed by atoms with Gasteiger partial charge in [0.05, 0.1) is 27.9 Å². The Morgan fingerprint density at radius 3 is 2.74 bits per heavy atom. The zero-order valence-corrected chi connectivity index (χ0v) is 11.9. The van der Waals surface area contributed by atoms with Crippen molar-refractivity contribution in [3.8, 4) is 0 Å². The predicted octanol–water partition coefficient (Wildman–Crippen LogP) is 3.38. The third-order valence-electron chi connectivity index (χ3n) is 2.31. The van der Waals surface area contributed by atoms with Crippen LogP contribution in [0, 0.1) is 0 Å². The second kappa shape index (κ2) is 6.39. The van der Waals surface area contributed by atoms with E-state index in [9.17, 15) is 4.79 Å². The third kappa shape index (κ3) is 3.94. The number of hydrogen-bond acceptors (Lipinski definition) is 3. The lowest BCUT2D eigenvalue weighted by Gasteiger charge is -2.07. The average Bonchev–Trinajstić information content (AvgIpc) is 2.38. The van der Waals surface area contributed by atoms with Gasteiger partial charge in [-0.3, -0.25) is 4.57 Å². The maximum absolute atomic E-state index is 11.4. The molecule has 0 unspecified atom stereocenters. The minimum absolute atomic E-state index is 0.0621. The molecule has 0 N–H and O–H groups in total. The Morgan fingerprint density at radius 2 is 2.00 bits per heavy atom. The fraction of sp³-hybridized carbons (Fsp3) is 0.167.